The molecule has 32 heavy (non-hydrogen) atoms. The van der Waals surface area contributed by atoms with Crippen molar-refractivity contribution < 1.29 is 14.6 Å². The molecule has 0 bridgehead atoms. The Hall–Kier alpha value is -2.83. The zero-order valence-electron chi connectivity index (χ0n) is 18.2. The smallest absolute Gasteiger partial charge is 0.162 e. The molecule has 0 radical (unpaired) electrons. The average molecular weight is 495 g/mol. The Morgan fingerprint density at radius 3 is 2.31 bits per heavy atom. The van der Waals surface area contributed by atoms with Crippen LogP contribution in [0.1, 0.15) is 49.2 Å². The molecule has 3 aromatic rings. The number of ether oxygens (including phenoxy) is 2. The number of rotatable bonds is 7. The number of hydrogen-bond donors (Lipinski definition) is 2. The summed E-state index contributed by atoms with van der Waals surface area (Å²) >= 11 is 3.51. The number of benzene rings is 3. The van der Waals surface area contributed by atoms with Crippen LogP contribution in [0.4, 0.5) is 0 Å². The Bertz CT molecular complexity index is 1100. The number of halogens is 1. The number of hydrogen-bond acceptors (Lipinski definition) is 5. The Balaban J connectivity index is 1.77. The molecule has 4 rings (SSSR count). The highest BCUT2D eigenvalue weighted by atomic mass is 79.9. The third-order valence-electron chi connectivity index (χ3n) is 5.44. The van der Waals surface area contributed by atoms with E-state index in [0.29, 0.717) is 25.4 Å². The molecular weight excluding hydrogens is 468 g/mol. The highest BCUT2D eigenvalue weighted by Crippen LogP contribution is 2.40. The Labute approximate surface area is 197 Å². The first-order chi connectivity index (χ1) is 15.6. The van der Waals surface area contributed by atoms with Gasteiger partial charge in [-0.3, -0.25) is 10.3 Å². The van der Waals surface area contributed by atoms with Crippen LogP contribution in [0.25, 0.3) is 0 Å². The Morgan fingerprint density at radius 2 is 1.56 bits per heavy atom. The molecule has 0 aliphatic carbocycles. The van der Waals surface area contributed by atoms with Crippen molar-refractivity contribution in [2.45, 2.75) is 32.5 Å². The number of aromatic hydroxyl groups is 1. The van der Waals surface area contributed by atoms with E-state index in [1.165, 1.54) is 0 Å². The van der Waals surface area contributed by atoms with E-state index >= 15 is 0 Å². The van der Waals surface area contributed by atoms with E-state index in [-0.39, 0.29) is 18.0 Å². The van der Waals surface area contributed by atoms with Crippen molar-refractivity contribution in [2.24, 2.45) is 4.99 Å². The molecule has 0 spiro atoms. The molecule has 1 heterocycles. The predicted molar refractivity (Wildman–Crippen MR) is 131 cm³/mol. The van der Waals surface area contributed by atoms with Gasteiger partial charge >= 0.3 is 0 Å². The van der Waals surface area contributed by atoms with E-state index in [1.807, 2.05) is 62.4 Å². The summed E-state index contributed by atoms with van der Waals surface area (Å²) in [5.74, 6) is 1.46. The summed E-state index contributed by atoms with van der Waals surface area (Å²) in [5, 5.41) is 14.5. The van der Waals surface area contributed by atoms with Gasteiger partial charge in [0.1, 0.15) is 11.9 Å². The van der Waals surface area contributed by atoms with Crippen LogP contribution < -0.4 is 14.8 Å². The summed E-state index contributed by atoms with van der Waals surface area (Å²) in [6.45, 7) is 4.95. The molecule has 0 amide bonds. The molecule has 0 saturated carbocycles. The van der Waals surface area contributed by atoms with Crippen LogP contribution in [0.3, 0.4) is 0 Å². The second-order valence-corrected chi connectivity index (χ2v) is 8.42. The summed E-state index contributed by atoms with van der Waals surface area (Å²) in [6, 6.07) is 21.6. The van der Waals surface area contributed by atoms with Gasteiger partial charge < -0.3 is 14.6 Å². The molecule has 2 N–H and O–H groups in total. The molecule has 0 saturated heterocycles. The number of para-hydroxylation sites is 2. The maximum absolute atomic E-state index is 10.9. The van der Waals surface area contributed by atoms with Crippen molar-refractivity contribution in [1.82, 2.24) is 5.32 Å². The zero-order valence-corrected chi connectivity index (χ0v) is 19.8. The van der Waals surface area contributed by atoms with Gasteiger partial charge in [0, 0.05) is 33.8 Å². The quantitative estimate of drug-likeness (QED) is 0.411. The van der Waals surface area contributed by atoms with E-state index in [4.69, 9.17) is 14.5 Å². The molecule has 2 atom stereocenters. The fourth-order valence-electron chi connectivity index (χ4n) is 3.97. The van der Waals surface area contributed by atoms with Crippen LogP contribution in [0, 0.1) is 0 Å². The van der Waals surface area contributed by atoms with Crippen molar-refractivity contribution in [2.75, 3.05) is 13.2 Å². The molecule has 1 aliphatic rings. The van der Waals surface area contributed by atoms with Crippen molar-refractivity contribution in [1.29, 1.82) is 0 Å². The lowest BCUT2D eigenvalue weighted by Gasteiger charge is -2.31. The molecule has 166 valence electrons. The lowest BCUT2D eigenvalue weighted by molar-refractivity contribution is 0.311. The first-order valence-corrected chi connectivity index (χ1v) is 11.6. The molecular formula is C26H27BrN2O3. The van der Waals surface area contributed by atoms with Gasteiger partial charge in [0.05, 0.1) is 13.2 Å². The number of nitrogens with one attached hydrogen (secondary N) is 1. The highest BCUT2D eigenvalue weighted by Gasteiger charge is 2.29. The minimum atomic E-state index is -0.315. The monoisotopic (exact) mass is 494 g/mol. The second kappa shape index (κ2) is 10.2. The van der Waals surface area contributed by atoms with Crippen LogP contribution in [0.5, 0.6) is 17.2 Å². The van der Waals surface area contributed by atoms with E-state index in [9.17, 15) is 5.11 Å². The van der Waals surface area contributed by atoms with Crippen LogP contribution in [0.15, 0.2) is 76.2 Å². The third-order valence-corrected chi connectivity index (χ3v) is 5.97. The van der Waals surface area contributed by atoms with Gasteiger partial charge in [-0.15, -0.1) is 0 Å². The minimum Gasteiger partial charge on any atom is -0.504 e. The summed E-state index contributed by atoms with van der Waals surface area (Å²) in [5.41, 5.74) is 3.78. The molecule has 0 fully saturated rings. The minimum absolute atomic E-state index is 0.147. The predicted octanol–water partition coefficient (Wildman–Crippen LogP) is 6.17. The summed E-state index contributed by atoms with van der Waals surface area (Å²) in [6.07, 6.45) is 0.322. The fourth-order valence-corrected chi connectivity index (χ4v) is 4.23. The second-order valence-electron chi connectivity index (χ2n) is 7.51. The lowest BCUT2D eigenvalue weighted by atomic mass is 9.93. The van der Waals surface area contributed by atoms with E-state index in [0.717, 1.165) is 32.6 Å². The van der Waals surface area contributed by atoms with E-state index < -0.39 is 0 Å². The lowest BCUT2D eigenvalue weighted by Crippen LogP contribution is -2.33. The molecule has 1 aliphatic heterocycles. The van der Waals surface area contributed by atoms with Gasteiger partial charge in [-0.05, 0) is 43.7 Å². The van der Waals surface area contributed by atoms with Crippen molar-refractivity contribution in [3.05, 3.63) is 87.9 Å². The topological polar surface area (TPSA) is 63.1 Å². The van der Waals surface area contributed by atoms with Gasteiger partial charge in [0.15, 0.2) is 11.5 Å². The number of phenolic OH excluding ortho intramolecular Hbond substituents is 1. The van der Waals surface area contributed by atoms with Crippen molar-refractivity contribution in [3.8, 4) is 17.2 Å². The van der Waals surface area contributed by atoms with Gasteiger partial charge in [-0.25, -0.2) is 0 Å². The molecule has 5 nitrogen and oxygen atoms in total. The fraction of sp³-hybridized carbons (Fsp3) is 0.269. The largest absolute Gasteiger partial charge is 0.504 e. The molecule has 6 heteroatoms. The normalized spacial score (nSPS) is 18.2. The zero-order chi connectivity index (χ0) is 22.5. The summed E-state index contributed by atoms with van der Waals surface area (Å²) < 4.78 is 12.5. The van der Waals surface area contributed by atoms with Gasteiger partial charge in [-0.1, -0.05) is 58.4 Å². The number of phenols is 1. The molecule has 0 aromatic heterocycles. The number of aliphatic imine (C=N–C) groups is 1. The Morgan fingerprint density at radius 1 is 0.906 bits per heavy atom. The maximum atomic E-state index is 10.9. The first-order valence-electron chi connectivity index (χ1n) is 10.9. The average Bonchev–Trinajstić information content (AvgIpc) is 2.81. The first kappa shape index (κ1) is 22.4. The van der Waals surface area contributed by atoms with Crippen LogP contribution in [-0.4, -0.2) is 24.0 Å². The van der Waals surface area contributed by atoms with E-state index in [2.05, 4.69) is 33.4 Å². The maximum Gasteiger partial charge on any atom is 0.162 e. The third kappa shape index (κ3) is 4.81. The van der Waals surface area contributed by atoms with Crippen LogP contribution in [-0.2, 0) is 0 Å². The number of nitrogens with zero attached hydrogens (tertiary/aromatic N) is 1. The van der Waals surface area contributed by atoms with Crippen molar-refractivity contribution >= 4 is 21.6 Å². The van der Waals surface area contributed by atoms with Gasteiger partial charge in [0.2, 0.25) is 0 Å². The SMILES string of the molecule is CCOc1ccccc1[C@@H]1N=C(c2ccc(Br)cc2)C[C@H](c2cccc(OCC)c2O)N1. The van der Waals surface area contributed by atoms with Crippen LogP contribution in [0.2, 0.25) is 0 Å². The standard InChI is InChI=1S/C26H27BrN2O3/c1-3-31-23-10-6-5-8-20(23)26-28-21(17-12-14-18(27)15-13-17)16-22(29-26)19-9-7-11-24(25(19)30)32-4-2/h5-15,22,26,29-30H,3-4,16H2,1-2H3/t22-,26-/m1/s1. The van der Waals surface area contributed by atoms with Gasteiger partial charge in [-0.2, -0.15) is 0 Å². The summed E-state index contributed by atoms with van der Waals surface area (Å²) in [4.78, 5) is 5.06. The van der Waals surface area contributed by atoms with E-state index in [1.54, 1.807) is 6.07 Å². The summed E-state index contributed by atoms with van der Waals surface area (Å²) in [7, 11) is 0. The molecule has 3 aromatic carbocycles. The van der Waals surface area contributed by atoms with Gasteiger partial charge in [0.25, 0.3) is 0 Å². The Kier molecular flexibility index (Phi) is 7.12. The van der Waals surface area contributed by atoms with Crippen LogP contribution >= 0.6 is 15.9 Å². The molecule has 0 unspecified atom stereocenters. The van der Waals surface area contributed by atoms with Crippen molar-refractivity contribution in [3.63, 3.8) is 0 Å². The highest BCUT2D eigenvalue weighted by molar-refractivity contribution is 9.10.